The molecule has 0 fully saturated rings. The van der Waals surface area contributed by atoms with E-state index in [0.717, 1.165) is 17.5 Å². The number of carbonyl (C=O) groups excluding carboxylic acids is 1. The molecule has 1 amide bonds. The first kappa shape index (κ1) is 24.9. The van der Waals surface area contributed by atoms with Crippen LogP contribution in [-0.2, 0) is 20.2 Å². The normalized spacial score (nSPS) is 13.0. The Labute approximate surface area is 187 Å². The van der Waals surface area contributed by atoms with E-state index in [1.54, 1.807) is 0 Å². The number of hydrogen-bond acceptors (Lipinski definition) is 3. The lowest BCUT2D eigenvalue weighted by Gasteiger charge is -2.29. The summed E-state index contributed by atoms with van der Waals surface area (Å²) in [5.74, 6) is -0.0502. The molecule has 2 aromatic carbocycles. The van der Waals surface area contributed by atoms with E-state index in [1.165, 1.54) is 16.1 Å². The molecule has 1 N–H and O–H groups in total. The summed E-state index contributed by atoms with van der Waals surface area (Å²) in [5, 5.41) is 3.07. The molecule has 0 spiro atoms. The monoisotopic (exact) mass is 444 g/mol. The molecule has 170 valence electrons. The average molecular weight is 445 g/mol. The van der Waals surface area contributed by atoms with Gasteiger partial charge in [0.05, 0.1) is 11.9 Å². The second-order valence-corrected chi connectivity index (χ2v) is 11.0. The molecular weight excluding hydrogens is 408 g/mol. The van der Waals surface area contributed by atoms with Crippen molar-refractivity contribution in [3.8, 4) is 0 Å². The number of sulfonamides is 1. The maximum atomic E-state index is 12.5. The summed E-state index contributed by atoms with van der Waals surface area (Å²) in [4.78, 5) is 12.5. The third-order valence-corrected chi connectivity index (χ3v) is 6.97. The van der Waals surface area contributed by atoms with Gasteiger partial charge in [0.25, 0.3) is 0 Å². The van der Waals surface area contributed by atoms with E-state index in [1.807, 2.05) is 57.2 Å². The van der Waals surface area contributed by atoms with Gasteiger partial charge in [-0.25, -0.2) is 8.42 Å². The van der Waals surface area contributed by atoms with Crippen molar-refractivity contribution in [3.63, 3.8) is 0 Å². The largest absolute Gasteiger partial charge is 0.354 e. The predicted octanol–water partition coefficient (Wildman–Crippen LogP) is 4.72. The van der Waals surface area contributed by atoms with Gasteiger partial charge in [-0.3, -0.25) is 9.10 Å². The summed E-state index contributed by atoms with van der Waals surface area (Å²) in [7, 11) is -3.43. The van der Waals surface area contributed by atoms with E-state index in [-0.39, 0.29) is 30.3 Å². The predicted molar refractivity (Wildman–Crippen MR) is 129 cm³/mol. The van der Waals surface area contributed by atoms with Crippen LogP contribution in [0.2, 0.25) is 0 Å². The highest BCUT2D eigenvalue weighted by molar-refractivity contribution is 7.92. The Morgan fingerprint density at radius 1 is 1.06 bits per heavy atom. The minimum atomic E-state index is -3.43. The number of amides is 1. The van der Waals surface area contributed by atoms with Gasteiger partial charge in [-0.1, -0.05) is 56.3 Å². The fraction of sp³-hybridized carbons (Fsp3) is 0.480. The molecule has 0 unspecified atom stereocenters. The SMILES string of the molecule is Cc1cccc(N(CCCC(=O)N[C@H](C)CC(C)(C)c2ccccc2)S(C)(=O)=O)c1C. The molecule has 6 heteroatoms. The Morgan fingerprint density at radius 2 is 1.71 bits per heavy atom. The first-order valence-electron chi connectivity index (χ1n) is 10.8. The van der Waals surface area contributed by atoms with Gasteiger partial charge in [0, 0.05) is 19.0 Å². The van der Waals surface area contributed by atoms with Crippen molar-refractivity contribution in [3.05, 3.63) is 65.2 Å². The first-order chi connectivity index (χ1) is 14.4. The third-order valence-electron chi connectivity index (χ3n) is 5.79. The molecule has 31 heavy (non-hydrogen) atoms. The van der Waals surface area contributed by atoms with Crippen LogP contribution >= 0.6 is 0 Å². The molecule has 5 nitrogen and oxygen atoms in total. The van der Waals surface area contributed by atoms with Crippen LogP contribution in [0.25, 0.3) is 0 Å². The molecule has 0 aliphatic rings. The summed E-state index contributed by atoms with van der Waals surface area (Å²) < 4.78 is 26.1. The Bertz CT molecular complexity index is 985. The lowest BCUT2D eigenvalue weighted by Crippen LogP contribution is -2.38. The van der Waals surface area contributed by atoms with Crippen LogP contribution < -0.4 is 9.62 Å². The number of rotatable bonds is 10. The second-order valence-electron chi connectivity index (χ2n) is 9.08. The van der Waals surface area contributed by atoms with Crippen LogP contribution in [0.5, 0.6) is 0 Å². The number of benzene rings is 2. The molecule has 0 bridgehead atoms. The van der Waals surface area contributed by atoms with Crippen LogP contribution in [-0.4, -0.2) is 33.2 Å². The fourth-order valence-electron chi connectivity index (χ4n) is 4.02. The molecule has 2 aromatic rings. The Kier molecular flexibility index (Phi) is 8.29. The van der Waals surface area contributed by atoms with Crippen molar-refractivity contribution in [2.24, 2.45) is 0 Å². The Morgan fingerprint density at radius 3 is 2.32 bits per heavy atom. The topological polar surface area (TPSA) is 66.5 Å². The van der Waals surface area contributed by atoms with E-state index in [0.29, 0.717) is 12.1 Å². The number of anilines is 1. The maximum Gasteiger partial charge on any atom is 0.232 e. The van der Waals surface area contributed by atoms with E-state index in [4.69, 9.17) is 0 Å². The van der Waals surface area contributed by atoms with Crippen LogP contribution in [0.15, 0.2) is 48.5 Å². The Hall–Kier alpha value is -2.34. The van der Waals surface area contributed by atoms with Crippen LogP contribution in [0, 0.1) is 13.8 Å². The van der Waals surface area contributed by atoms with Gasteiger partial charge in [0.15, 0.2) is 0 Å². The number of nitrogens with zero attached hydrogens (tertiary/aromatic N) is 1. The molecule has 0 aliphatic heterocycles. The molecule has 1 atom stereocenters. The number of nitrogens with one attached hydrogen (secondary N) is 1. The quantitative estimate of drug-likeness (QED) is 0.576. The third kappa shape index (κ3) is 7.10. The van der Waals surface area contributed by atoms with Gasteiger partial charge < -0.3 is 5.32 Å². The fourth-order valence-corrected chi connectivity index (χ4v) is 5.04. The highest BCUT2D eigenvalue weighted by Crippen LogP contribution is 2.28. The van der Waals surface area contributed by atoms with E-state index >= 15 is 0 Å². The molecule has 0 aliphatic carbocycles. The zero-order valence-corrected chi connectivity index (χ0v) is 20.4. The molecule has 0 radical (unpaired) electrons. The van der Waals surface area contributed by atoms with Crippen LogP contribution in [0.4, 0.5) is 5.69 Å². The zero-order valence-electron chi connectivity index (χ0n) is 19.6. The van der Waals surface area contributed by atoms with Crippen molar-refractivity contribution in [1.82, 2.24) is 5.32 Å². The van der Waals surface area contributed by atoms with Crippen LogP contribution in [0.3, 0.4) is 0 Å². The van der Waals surface area contributed by atoms with Gasteiger partial charge >= 0.3 is 0 Å². The molecule has 0 saturated heterocycles. The van der Waals surface area contributed by atoms with Crippen molar-refractivity contribution >= 4 is 21.6 Å². The molecule has 0 aromatic heterocycles. The minimum Gasteiger partial charge on any atom is -0.354 e. The van der Waals surface area contributed by atoms with Gasteiger partial charge in [0.1, 0.15) is 0 Å². The smallest absolute Gasteiger partial charge is 0.232 e. The molecule has 0 saturated carbocycles. The summed E-state index contributed by atoms with van der Waals surface area (Å²) in [5.41, 5.74) is 3.85. The van der Waals surface area contributed by atoms with E-state index in [2.05, 4.69) is 31.3 Å². The lowest BCUT2D eigenvalue weighted by atomic mass is 9.79. The van der Waals surface area contributed by atoms with Gasteiger partial charge in [0.2, 0.25) is 15.9 Å². The standard InChI is InChI=1S/C25H36N2O3S/c1-19-12-10-15-23(21(19)3)27(31(6,29)30)17-11-16-24(28)26-20(2)18-25(4,5)22-13-8-7-9-14-22/h7-10,12-15,20H,11,16-18H2,1-6H3,(H,26,28)/t20-/m1/s1. The minimum absolute atomic E-state index is 0.0211. The summed E-state index contributed by atoms with van der Waals surface area (Å²) >= 11 is 0. The van der Waals surface area contributed by atoms with Gasteiger partial charge in [-0.05, 0) is 61.8 Å². The molecule has 2 rings (SSSR count). The van der Waals surface area contributed by atoms with Gasteiger partial charge in [-0.2, -0.15) is 0 Å². The highest BCUT2D eigenvalue weighted by Gasteiger charge is 2.24. The van der Waals surface area contributed by atoms with Crippen molar-refractivity contribution in [2.45, 2.75) is 65.3 Å². The van der Waals surface area contributed by atoms with Gasteiger partial charge in [-0.15, -0.1) is 0 Å². The van der Waals surface area contributed by atoms with Crippen molar-refractivity contribution < 1.29 is 13.2 Å². The summed E-state index contributed by atoms with van der Waals surface area (Å²) in [6.07, 6.45) is 2.78. The number of aryl methyl sites for hydroxylation is 1. The van der Waals surface area contributed by atoms with Crippen LogP contribution in [0.1, 0.15) is 56.7 Å². The maximum absolute atomic E-state index is 12.5. The highest BCUT2D eigenvalue weighted by atomic mass is 32.2. The number of carbonyl (C=O) groups is 1. The van der Waals surface area contributed by atoms with Crippen molar-refractivity contribution in [2.75, 3.05) is 17.1 Å². The lowest BCUT2D eigenvalue weighted by molar-refractivity contribution is -0.121. The second kappa shape index (κ2) is 10.3. The summed E-state index contributed by atoms with van der Waals surface area (Å²) in [6.45, 7) is 10.5. The van der Waals surface area contributed by atoms with E-state index in [9.17, 15) is 13.2 Å². The zero-order chi connectivity index (χ0) is 23.2. The molecule has 0 heterocycles. The van der Waals surface area contributed by atoms with Crippen molar-refractivity contribution in [1.29, 1.82) is 0 Å². The average Bonchev–Trinajstić information content (AvgIpc) is 2.67. The van der Waals surface area contributed by atoms with E-state index < -0.39 is 10.0 Å². The first-order valence-corrected chi connectivity index (χ1v) is 12.7. The number of hydrogen-bond donors (Lipinski definition) is 1. The summed E-state index contributed by atoms with van der Waals surface area (Å²) in [6, 6.07) is 16.0. The Balaban J connectivity index is 1.93. The molecular formula is C25H36N2O3S.